The van der Waals surface area contributed by atoms with Crippen molar-refractivity contribution in [2.75, 3.05) is 13.1 Å². The summed E-state index contributed by atoms with van der Waals surface area (Å²) >= 11 is 9.57. The van der Waals surface area contributed by atoms with Crippen molar-refractivity contribution in [1.82, 2.24) is 15.1 Å². The molecule has 0 radical (unpaired) electrons. The van der Waals surface area contributed by atoms with Crippen LogP contribution in [0.4, 0.5) is 4.79 Å². The van der Waals surface area contributed by atoms with Gasteiger partial charge >= 0.3 is 6.03 Å². The van der Waals surface area contributed by atoms with Crippen molar-refractivity contribution in [3.63, 3.8) is 0 Å². The van der Waals surface area contributed by atoms with Crippen LogP contribution in [-0.4, -0.2) is 34.8 Å². The number of hydrogen-bond acceptors (Lipinski definition) is 2. The molecule has 0 aromatic heterocycles. The van der Waals surface area contributed by atoms with E-state index in [0.29, 0.717) is 30.2 Å². The van der Waals surface area contributed by atoms with Crippen molar-refractivity contribution >= 4 is 39.5 Å². The van der Waals surface area contributed by atoms with E-state index in [1.165, 1.54) is 0 Å². The highest BCUT2D eigenvalue weighted by atomic mass is 79.9. The van der Waals surface area contributed by atoms with E-state index in [0.717, 1.165) is 21.2 Å². The molecule has 0 aliphatic carbocycles. The maximum atomic E-state index is 13.4. The third-order valence-electron chi connectivity index (χ3n) is 5.96. The molecule has 3 aromatic carbocycles. The number of amides is 3. The predicted octanol–water partition coefficient (Wildman–Crippen LogP) is 4.98. The molecule has 5 nitrogen and oxygen atoms in total. The number of benzene rings is 3. The Kier molecular flexibility index (Phi) is 4.99. The molecule has 1 atom stereocenters. The zero-order chi connectivity index (χ0) is 21.6. The first kappa shape index (κ1) is 20.1. The summed E-state index contributed by atoms with van der Waals surface area (Å²) in [6.45, 7) is 1.30. The molecular weight excluding hydrogens is 478 g/mol. The van der Waals surface area contributed by atoms with Crippen LogP contribution in [0.5, 0.6) is 0 Å². The number of carbonyl (C=O) groups excluding carboxylic acids is 2. The molecule has 31 heavy (non-hydrogen) atoms. The molecule has 156 valence electrons. The van der Waals surface area contributed by atoms with Crippen LogP contribution >= 0.6 is 27.5 Å². The molecular formula is C24H19BrClN3O2. The molecule has 2 aliphatic heterocycles. The molecule has 1 fully saturated rings. The summed E-state index contributed by atoms with van der Waals surface area (Å²) in [7, 11) is 0. The van der Waals surface area contributed by atoms with E-state index in [4.69, 9.17) is 11.6 Å². The monoisotopic (exact) mass is 495 g/mol. The minimum absolute atomic E-state index is 0.0613. The summed E-state index contributed by atoms with van der Waals surface area (Å²) in [4.78, 5) is 30.2. The van der Waals surface area contributed by atoms with Gasteiger partial charge in [0.05, 0.1) is 0 Å². The first-order chi connectivity index (χ1) is 15.0. The normalized spacial score (nSPS) is 19.4. The van der Waals surface area contributed by atoms with Gasteiger partial charge in [-0.05, 0) is 35.9 Å². The molecule has 1 N–H and O–H groups in total. The second-order valence-electron chi connectivity index (χ2n) is 7.62. The summed E-state index contributed by atoms with van der Waals surface area (Å²) in [6.07, 6.45) is 0. The number of halogens is 2. The number of hydrogen-bond donors (Lipinski definition) is 1. The van der Waals surface area contributed by atoms with Crippen LogP contribution in [0, 0.1) is 0 Å². The maximum Gasteiger partial charge on any atom is 0.320 e. The predicted molar refractivity (Wildman–Crippen MR) is 123 cm³/mol. The minimum atomic E-state index is -0.984. The largest absolute Gasteiger partial charge is 0.334 e. The van der Waals surface area contributed by atoms with E-state index in [1.54, 1.807) is 21.9 Å². The molecule has 0 spiro atoms. The van der Waals surface area contributed by atoms with Crippen LogP contribution in [0.15, 0.2) is 77.3 Å². The highest BCUT2D eigenvalue weighted by molar-refractivity contribution is 9.10. The zero-order valence-corrected chi connectivity index (χ0v) is 18.9. The van der Waals surface area contributed by atoms with Crippen molar-refractivity contribution < 1.29 is 9.59 Å². The molecule has 3 amide bonds. The fourth-order valence-electron chi connectivity index (χ4n) is 4.60. The second kappa shape index (κ2) is 7.70. The lowest BCUT2D eigenvalue weighted by Gasteiger charge is -2.40. The number of fused-ring (bicyclic) bond motifs is 3. The van der Waals surface area contributed by atoms with Crippen LogP contribution in [0.3, 0.4) is 0 Å². The molecule has 5 rings (SSSR count). The van der Waals surface area contributed by atoms with Gasteiger partial charge in [-0.1, -0.05) is 70.0 Å². The van der Waals surface area contributed by atoms with Crippen molar-refractivity contribution in [3.8, 4) is 0 Å². The van der Waals surface area contributed by atoms with Gasteiger partial charge in [0.1, 0.15) is 0 Å². The Labute approximate surface area is 193 Å². The summed E-state index contributed by atoms with van der Waals surface area (Å²) < 4.78 is 0.987. The topological polar surface area (TPSA) is 52.7 Å². The van der Waals surface area contributed by atoms with Gasteiger partial charge in [0, 0.05) is 45.8 Å². The minimum Gasteiger partial charge on any atom is -0.334 e. The van der Waals surface area contributed by atoms with Gasteiger partial charge in [0.2, 0.25) is 0 Å². The van der Waals surface area contributed by atoms with Crippen molar-refractivity contribution in [2.24, 2.45) is 0 Å². The third-order valence-corrected chi connectivity index (χ3v) is 6.74. The Balaban J connectivity index is 1.55. The number of carbonyl (C=O) groups is 2. The van der Waals surface area contributed by atoms with E-state index in [-0.39, 0.29) is 11.9 Å². The number of rotatable bonds is 3. The molecule has 7 heteroatoms. The summed E-state index contributed by atoms with van der Waals surface area (Å²) in [5.41, 5.74) is 2.30. The molecule has 2 aliphatic rings. The summed E-state index contributed by atoms with van der Waals surface area (Å²) in [5.74, 6) is -0.0613. The van der Waals surface area contributed by atoms with Crippen LogP contribution < -0.4 is 5.32 Å². The van der Waals surface area contributed by atoms with E-state index in [1.807, 2.05) is 60.7 Å². The smallest absolute Gasteiger partial charge is 0.320 e. The Morgan fingerprint density at radius 2 is 1.71 bits per heavy atom. The van der Waals surface area contributed by atoms with Crippen molar-refractivity contribution in [1.29, 1.82) is 0 Å². The molecule has 3 aromatic rings. The SMILES string of the molecule is O=C(NCc1ccc(Br)cc1)N1CCN2C(=O)c3ccccc3C12c1ccc(Cl)cc1. The lowest BCUT2D eigenvalue weighted by molar-refractivity contribution is 0.0545. The fourth-order valence-corrected chi connectivity index (χ4v) is 4.99. The second-order valence-corrected chi connectivity index (χ2v) is 8.97. The molecule has 0 saturated carbocycles. The average molecular weight is 497 g/mol. The summed E-state index contributed by atoms with van der Waals surface area (Å²) in [5, 5.41) is 3.64. The van der Waals surface area contributed by atoms with Crippen LogP contribution in [0.2, 0.25) is 5.02 Å². The van der Waals surface area contributed by atoms with Crippen molar-refractivity contribution in [3.05, 3.63) is 105 Å². The van der Waals surface area contributed by atoms with Crippen LogP contribution in [0.25, 0.3) is 0 Å². The van der Waals surface area contributed by atoms with E-state index in [9.17, 15) is 9.59 Å². The Morgan fingerprint density at radius 1 is 1.00 bits per heavy atom. The first-order valence-electron chi connectivity index (χ1n) is 9.99. The Morgan fingerprint density at radius 3 is 2.45 bits per heavy atom. The van der Waals surface area contributed by atoms with Gasteiger partial charge in [-0.3, -0.25) is 9.69 Å². The van der Waals surface area contributed by atoms with Crippen LogP contribution in [-0.2, 0) is 12.2 Å². The molecule has 2 heterocycles. The molecule has 1 unspecified atom stereocenters. The highest BCUT2D eigenvalue weighted by Gasteiger charge is 2.59. The van der Waals surface area contributed by atoms with Gasteiger partial charge in [0.25, 0.3) is 5.91 Å². The average Bonchev–Trinajstić information content (AvgIpc) is 3.29. The van der Waals surface area contributed by atoms with E-state index < -0.39 is 5.66 Å². The first-order valence-corrected chi connectivity index (χ1v) is 11.2. The molecule has 0 bridgehead atoms. The third kappa shape index (κ3) is 3.13. The van der Waals surface area contributed by atoms with Gasteiger partial charge in [-0.25, -0.2) is 4.79 Å². The van der Waals surface area contributed by atoms with Gasteiger partial charge in [0.15, 0.2) is 5.66 Å². The quantitative estimate of drug-likeness (QED) is 0.556. The van der Waals surface area contributed by atoms with E-state index in [2.05, 4.69) is 21.2 Å². The number of nitrogens with zero attached hydrogens (tertiary/aromatic N) is 2. The lowest BCUT2D eigenvalue weighted by atomic mass is 9.90. The van der Waals surface area contributed by atoms with Gasteiger partial charge in [-0.2, -0.15) is 0 Å². The molecule has 1 saturated heterocycles. The maximum absolute atomic E-state index is 13.4. The number of nitrogens with one attached hydrogen (secondary N) is 1. The standard InChI is InChI=1S/C24H19BrClN3O2/c25-18-9-5-16(6-10-18)15-27-23(31)29-14-13-28-22(30)20-3-1-2-4-21(20)24(28,29)17-7-11-19(26)12-8-17/h1-12H,13-15H2,(H,27,31). The van der Waals surface area contributed by atoms with Crippen molar-refractivity contribution in [2.45, 2.75) is 12.2 Å². The lowest BCUT2D eigenvalue weighted by Crippen LogP contribution is -2.54. The Hall–Kier alpha value is -2.83. The zero-order valence-electron chi connectivity index (χ0n) is 16.5. The highest BCUT2D eigenvalue weighted by Crippen LogP contribution is 2.49. The summed E-state index contributed by atoms with van der Waals surface area (Å²) in [6, 6.07) is 22.5. The number of urea groups is 1. The van der Waals surface area contributed by atoms with E-state index >= 15 is 0 Å². The van der Waals surface area contributed by atoms with Crippen LogP contribution in [0.1, 0.15) is 27.0 Å². The fraction of sp³-hybridized carbons (Fsp3) is 0.167. The Bertz CT molecular complexity index is 1170. The van der Waals surface area contributed by atoms with Gasteiger partial charge < -0.3 is 10.2 Å². The van der Waals surface area contributed by atoms with Gasteiger partial charge in [-0.15, -0.1) is 0 Å².